The summed E-state index contributed by atoms with van der Waals surface area (Å²) < 4.78 is 5.33. The van der Waals surface area contributed by atoms with Crippen molar-refractivity contribution in [2.24, 2.45) is 0 Å². The van der Waals surface area contributed by atoms with Gasteiger partial charge in [0.25, 0.3) is 0 Å². The van der Waals surface area contributed by atoms with E-state index in [1.807, 2.05) is 22.7 Å². The number of thiophene rings is 2. The Balaban J connectivity index is 1.02. The van der Waals surface area contributed by atoms with Gasteiger partial charge in [0.15, 0.2) is 0 Å². The topological polar surface area (TPSA) is 3.24 Å². The van der Waals surface area contributed by atoms with Crippen LogP contribution in [-0.4, -0.2) is 0 Å². The van der Waals surface area contributed by atoms with Crippen LogP contribution >= 0.6 is 22.7 Å². The van der Waals surface area contributed by atoms with Crippen molar-refractivity contribution in [3.63, 3.8) is 0 Å². The Bertz CT molecular complexity index is 4160. The van der Waals surface area contributed by atoms with Gasteiger partial charge in [-0.1, -0.05) is 189 Å². The molecule has 0 spiro atoms. The first-order valence-corrected chi connectivity index (χ1v) is 25.3. The molecule has 69 heavy (non-hydrogen) atoms. The molecule has 1 atom stereocenters. The molecule has 0 saturated heterocycles. The highest BCUT2D eigenvalue weighted by Gasteiger charge is 2.46. The van der Waals surface area contributed by atoms with Crippen LogP contribution in [0, 0.1) is 0 Å². The molecule has 0 N–H and O–H groups in total. The molecule has 3 heteroatoms. The zero-order valence-corrected chi connectivity index (χ0v) is 39.5. The summed E-state index contributed by atoms with van der Waals surface area (Å²) in [5.41, 5.74) is 9.98. The van der Waals surface area contributed by atoms with E-state index in [0.717, 1.165) is 17.1 Å². The van der Waals surface area contributed by atoms with Gasteiger partial charge in [-0.25, -0.2) is 0 Å². The Morgan fingerprint density at radius 1 is 0.435 bits per heavy atom. The molecule has 2 heterocycles. The third-order valence-corrected chi connectivity index (χ3v) is 17.2. The highest BCUT2D eigenvalue weighted by atomic mass is 32.1. The summed E-state index contributed by atoms with van der Waals surface area (Å²) in [6.07, 6.45) is 6.50. The zero-order valence-electron chi connectivity index (χ0n) is 37.9. The molecular formula is C66H43NS2. The van der Waals surface area contributed by atoms with Gasteiger partial charge in [-0.3, -0.25) is 0 Å². The average Bonchev–Trinajstić information content (AvgIpc) is 4.07. The maximum atomic E-state index is 4.52. The minimum Gasteiger partial charge on any atom is -0.310 e. The maximum absolute atomic E-state index is 4.52. The summed E-state index contributed by atoms with van der Waals surface area (Å²) in [5.74, 6) is 0. The summed E-state index contributed by atoms with van der Waals surface area (Å²) in [7, 11) is 0. The highest BCUT2D eigenvalue weighted by molar-refractivity contribution is 7.27. The summed E-state index contributed by atoms with van der Waals surface area (Å²) in [6, 6.07) is 79.5. The molecule has 1 nitrogen and oxygen atoms in total. The number of hydrogen-bond acceptors (Lipinski definition) is 3. The van der Waals surface area contributed by atoms with Gasteiger partial charge in [0.1, 0.15) is 0 Å². The second kappa shape index (κ2) is 15.5. The second-order valence-electron chi connectivity index (χ2n) is 18.3. The SMILES string of the molecule is C=CC1=C(/C=C\C)c2ccccc2C1(c1ccccc1)c1cccc(N(c2ccc3c(ccc4ccc5c6ccccc6sc5c43)c2)c2ccc3c(ccc4ccc5c6ccccc6sc5c43)c2)c1. The van der Waals surface area contributed by atoms with Crippen molar-refractivity contribution in [1.29, 1.82) is 0 Å². The minimum absolute atomic E-state index is 0.605. The van der Waals surface area contributed by atoms with Gasteiger partial charge in [-0.2, -0.15) is 0 Å². The van der Waals surface area contributed by atoms with Gasteiger partial charge in [0.2, 0.25) is 0 Å². The van der Waals surface area contributed by atoms with E-state index in [2.05, 4.69) is 249 Å². The number of rotatable bonds is 7. The zero-order chi connectivity index (χ0) is 45.8. The molecule has 0 fully saturated rings. The van der Waals surface area contributed by atoms with Crippen LogP contribution in [-0.2, 0) is 5.41 Å². The number of fused-ring (bicyclic) bond motifs is 15. The monoisotopic (exact) mass is 913 g/mol. The fourth-order valence-electron chi connectivity index (χ4n) is 11.9. The normalized spacial score (nSPS) is 15.0. The molecule has 13 aromatic rings. The van der Waals surface area contributed by atoms with Crippen LogP contribution < -0.4 is 4.90 Å². The van der Waals surface area contributed by atoms with Crippen molar-refractivity contribution in [1.82, 2.24) is 0 Å². The number of anilines is 3. The molecule has 0 amide bonds. The van der Waals surface area contributed by atoms with Gasteiger partial charge in [-0.15, -0.1) is 22.7 Å². The lowest BCUT2D eigenvalue weighted by molar-refractivity contribution is 0.762. The summed E-state index contributed by atoms with van der Waals surface area (Å²) in [6.45, 7) is 6.62. The quantitative estimate of drug-likeness (QED) is 0.144. The van der Waals surface area contributed by atoms with Crippen molar-refractivity contribution in [3.8, 4) is 0 Å². The van der Waals surface area contributed by atoms with Crippen LogP contribution in [0.2, 0.25) is 0 Å². The van der Waals surface area contributed by atoms with E-state index < -0.39 is 5.41 Å². The lowest BCUT2D eigenvalue weighted by Gasteiger charge is -2.36. The number of allylic oxidation sites excluding steroid dienone is 5. The Labute approximate surface area is 408 Å². The average molecular weight is 914 g/mol. The molecule has 0 bridgehead atoms. The second-order valence-corrected chi connectivity index (χ2v) is 20.4. The van der Waals surface area contributed by atoms with Gasteiger partial charge in [-0.05, 0) is 121 Å². The van der Waals surface area contributed by atoms with Gasteiger partial charge >= 0.3 is 0 Å². The highest BCUT2D eigenvalue weighted by Crippen LogP contribution is 2.56. The molecule has 0 aliphatic heterocycles. The van der Waals surface area contributed by atoms with Crippen LogP contribution in [0.5, 0.6) is 0 Å². The molecule has 14 rings (SSSR count). The third kappa shape index (κ3) is 5.82. The lowest BCUT2D eigenvalue weighted by Crippen LogP contribution is -2.29. The van der Waals surface area contributed by atoms with Gasteiger partial charge in [0.05, 0.1) is 5.41 Å². The van der Waals surface area contributed by atoms with Crippen molar-refractivity contribution in [3.05, 3.63) is 265 Å². The number of hydrogen-bond donors (Lipinski definition) is 0. The summed E-state index contributed by atoms with van der Waals surface area (Å²) >= 11 is 3.80. The first-order chi connectivity index (χ1) is 34.1. The predicted octanol–water partition coefficient (Wildman–Crippen LogP) is 19.4. The first-order valence-electron chi connectivity index (χ1n) is 23.7. The Hall–Kier alpha value is -8.08. The summed E-state index contributed by atoms with van der Waals surface area (Å²) in [5, 5.41) is 15.4. The van der Waals surface area contributed by atoms with E-state index in [1.165, 1.54) is 117 Å². The predicted molar refractivity (Wildman–Crippen MR) is 302 cm³/mol. The van der Waals surface area contributed by atoms with Crippen LogP contribution in [0.25, 0.3) is 89.0 Å². The van der Waals surface area contributed by atoms with Crippen LogP contribution in [0.3, 0.4) is 0 Å². The smallest absolute Gasteiger partial charge is 0.0714 e. The fourth-order valence-corrected chi connectivity index (χ4v) is 14.4. The van der Waals surface area contributed by atoms with Crippen LogP contribution in [0.15, 0.2) is 243 Å². The Morgan fingerprint density at radius 3 is 1.55 bits per heavy atom. The van der Waals surface area contributed by atoms with Crippen LogP contribution in [0.1, 0.15) is 29.2 Å². The standard InChI is InChI=1S/C66H43NS2/c1-3-15-52-53-20-8-11-23-59(53)66(58(52)4-2,45-16-6-5-7-17-45)46-18-14-19-47(40-46)67(48-32-36-50-43(38-48)28-26-41-30-34-56-54-21-9-12-24-60(54)68-64(56)62(41)50)49-33-37-51-44(39-49)29-27-42-31-35-57-55-22-10-13-25-61(55)69-65(57)63(42)51/h3-40H,2H2,1H3/b15-3-. The number of nitrogens with zero attached hydrogens (tertiary/aromatic N) is 1. The van der Waals surface area contributed by atoms with Crippen molar-refractivity contribution in [2.75, 3.05) is 4.90 Å². The van der Waals surface area contributed by atoms with E-state index in [0.29, 0.717) is 0 Å². The van der Waals surface area contributed by atoms with E-state index in [4.69, 9.17) is 0 Å². The van der Waals surface area contributed by atoms with E-state index in [1.54, 1.807) is 0 Å². The molecule has 1 aliphatic rings. The third-order valence-electron chi connectivity index (χ3n) is 14.8. The van der Waals surface area contributed by atoms with Gasteiger partial charge in [0, 0.05) is 68.2 Å². The van der Waals surface area contributed by atoms with Crippen molar-refractivity contribution < 1.29 is 0 Å². The van der Waals surface area contributed by atoms with Crippen LogP contribution in [0.4, 0.5) is 17.1 Å². The molecule has 0 radical (unpaired) electrons. The molecule has 324 valence electrons. The molecule has 11 aromatic carbocycles. The molecule has 1 unspecified atom stereocenters. The first kappa shape index (κ1) is 40.0. The van der Waals surface area contributed by atoms with Crippen molar-refractivity contribution >= 4 is 129 Å². The van der Waals surface area contributed by atoms with Gasteiger partial charge < -0.3 is 4.90 Å². The molecule has 2 aromatic heterocycles. The van der Waals surface area contributed by atoms with E-state index >= 15 is 0 Å². The summed E-state index contributed by atoms with van der Waals surface area (Å²) in [4.78, 5) is 2.47. The molecule has 0 saturated carbocycles. The minimum atomic E-state index is -0.605. The maximum Gasteiger partial charge on any atom is 0.0714 e. The number of benzene rings is 11. The van der Waals surface area contributed by atoms with E-state index in [-0.39, 0.29) is 0 Å². The molecule has 1 aliphatic carbocycles. The van der Waals surface area contributed by atoms with E-state index in [9.17, 15) is 0 Å². The van der Waals surface area contributed by atoms with Crippen molar-refractivity contribution in [2.45, 2.75) is 12.3 Å². The lowest BCUT2D eigenvalue weighted by atomic mass is 9.66. The molecular weight excluding hydrogens is 871 g/mol. The fraction of sp³-hybridized carbons (Fsp3) is 0.0303. The largest absolute Gasteiger partial charge is 0.310 e. The Kier molecular flexibility index (Phi) is 8.98. The Morgan fingerprint density at radius 2 is 0.942 bits per heavy atom.